The number of rotatable bonds is 5. The van der Waals surface area contributed by atoms with Crippen molar-refractivity contribution in [1.29, 1.82) is 0 Å². The van der Waals surface area contributed by atoms with E-state index < -0.39 is 5.60 Å². The van der Waals surface area contributed by atoms with Gasteiger partial charge in [-0.05, 0) is 44.7 Å². The molecule has 106 valence electrons. The summed E-state index contributed by atoms with van der Waals surface area (Å²) >= 11 is 0. The third kappa shape index (κ3) is 3.25. The first kappa shape index (κ1) is 14.3. The van der Waals surface area contributed by atoms with Gasteiger partial charge in [0.05, 0.1) is 5.60 Å². The minimum absolute atomic E-state index is 0.421. The second kappa shape index (κ2) is 6.36. The molecular weight excluding hydrogens is 224 g/mol. The molecule has 0 radical (unpaired) electrons. The first-order valence-electron chi connectivity index (χ1n) is 7.85. The zero-order valence-electron chi connectivity index (χ0n) is 11.9. The minimum atomic E-state index is -0.421. The predicted molar refractivity (Wildman–Crippen MR) is 75.5 cm³/mol. The van der Waals surface area contributed by atoms with Crippen molar-refractivity contribution in [2.45, 2.75) is 69.9 Å². The second-order valence-electron chi connectivity index (χ2n) is 6.34. The SMILES string of the molecule is CCN(CC1(O)CCCCC1)C1CCCC1CN. The highest BCUT2D eigenvalue weighted by Crippen LogP contribution is 2.33. The smallest absolute Gasteiger partial charge is 0.0774 e. The summed E-state index contributed by atoms with van der Waals surface area (Å²) in [5.41, 5.74) is 5.47. The molecule has 2 fully saturated rings. The summed E-state index contributed by atoms with van der Waals surface area (Å²) in [5.74, 6) is 0.650. The van der Waals surface area contributed by atoms with E-state index in [9.17, 15) is 5.11 Å². The Balaban J connectivity index is 1.95. The lowest BCUT2D eigenvalue weighted by Crippen LogP contribution is -2.50. The van der Waals surface area contributed by atoms with Crippen molar-refractivity contribution in [3.8, 4) is 0 Å². The molecule has 2 atom stereocenters. The zero-order chi connectivity index (χ0) is 13.0. The molecule has 0 aromatic rings. The molecule has 0 aromatic heterocycles. The van der Waals surface area contributed by atoms with Gasteiger partial charge in [-0.15, -0.1) is 0 Å². The van der Waals surface area contributed by atoms with Crippen LogP contribution in [0.15, 0.2) is 0 Å². The largest absolute Gasteiger partial charge is 0.389 e. The average Bonchev–Trinajstić information content (AvgIpc) is 2.85. The lowest BCUT2D eigenvalue weighted by Gasteiger charge is -2.40. The quantitative estimate of drug-likeness (QED) is 0.790. The van der Waals surface area contributed by atoms with Crippen LogP contribution in [0.2, 0.25) is 0 Å². The van der Waals surface area contributed by atoms with Crippen molar-refractivity contribution in [1.82, 2.24) is 4.90 Å². The first-order valence-corrected chi connectivity index (χ1v) is 7.85. The Kier molecular flexibility index (Phi) is 5.05. The van der Waals surface area contributed by atoms with E-state index in [1.165, 1.54) is 38.5 Å². The molecule has 3 N–H and O–H groups in total. The fraction of sp³-hybridized carbons (Fsp3) is 1.00. The van der Waals surface area contributed by atoms with Crippen molar-refractivity contribution < 1.29 is 5.11 Å². The molecule has 18 heavy (non-hydrogen) atoms. The molecule has 0 aliphatic heterocycles. The molecule has 3 nitrogen and oxygen atoms in total. The van der Waals surface area contributed by atoms with Gasteiger partial charge < -0.3 is 10.8 Å². The molecule has 0 spiro atoms. The van der Waals surface area contributed by atoms with Gasteiger partial charge in [0.25, 0.3) is 0 Å². The van der Waals surface area contributed by atoms with Gasteiger partial charge in [-0.25, -0.2) is 0 Å². The van der Waals surface area contributed by atoms with Crippen molar-refractivity contribution in [2.75, 3.05) is 19.6 Å². The number of nitrogens with zero attached hydrogens (tertiary/aromatic N) is 1. The van der Waals surface area contributed by atoms with E-state index in [0.29, 0.717) is 12.0 Å². The lowest BCUT2D eigenvalue weighted by atomic mass is 9.84. The summed E-state index contributed by atoms with van der Waals surface area (Å²) in [5, 5.41) is 10.7. The molecule has 3 heteroatoms. The third-order valence-electron chi connectivity index (χ3n) is 5.08. The zero-order valence-corrected chi connectivity index (χ0v) is 11.9. The molecule has 0 aromatic carbocycles. The Labute approximate surface area is 112 Å². The Bertz CT molecular complexity index is 251. The first-order chi connectivity index (χ1) is 8.68. The van der Waals surface area contributed by atoms with Crippen LogP contribution in [0.5, 0.6) is 0 Å². The second-order valence-corrected chi connectivity index (χ2v) is 6.34. The van der Waals surface area contributed by atoms with E-state index in [2.05, 4.69) is 11.8 Å². The van der Waals surface area contributed by atoms with Crippen molar-refractivity contribution in [2.24, 2.45) is 11.7 Å². The van der Waals surface area contributed by atoms with E-state index in [-0.39, 0.29) is 0 Å². The molecule has 0 saturated heterocycles. The van der Waals surface area contributed by atoms with Crippen LogP contribution in [0, 0.1) is 5.92 Å². The molecule has 2 rings (SSSR count). The van der Waals surface area contributed by atoms with Gasteiger partial charge in [-0.2, -0.15) is 0 Å². The van der Waals surface area contributed by atoms with Crippen molar-refractivity contribution >= 4 is 0 Å². The van der Waals surface area contributed by atoms with Crippen LogP contribution in [-0.4, -0.2) is 41.3 Å². The topological polar surface area (TPSA) is 49.5 Å². The molecule has 2 aliphatic carbocycles. The van der Waals surface area contributed by atoms with Crippen LogP contribution in [0.25, 0.3) is 0 Å². The number of likely N-dealkylation sites (N-methyl/N-ethyl adjacent to an activating group) is 1. The van der Waals surface area contributed by atoms with Crippen LogP contribution in [0.3, 0.4) is 0 Å². The van der Waals surface area contributed by atoms with Crippen LogP contribution < -0.4 is 5.73 Å². The molecule has 0 bridgehead atoms. The standard InChI is InChI=1S/C15H30N2O/c1-2-17(14-8-6-7-13(14)11-16)12-15(18)9-4-3-5-10-15/h13-14,18H,2-12,16H2,1H3. The molecule has 2 saturated carbocycles. The molecule has 0 heterocycles. The highest BCUT2D eigenvalue weighted by Gasteiger charge is 2.36. The molecule has 0 amide bonds. The molecule has 2 aliphatic rings. The monoisotopic (exact) mass is 254 g/mol. The predicted octanol–water partition coefficient (Wildman–Crippen LogP) is 2.13. The van der Waals surface area contributed by atoms with Gasteiger partial charge in [0, 0.05) is 12.6 Å². The van der Waals surface area contributed by atoms with E-state index in [1.54, 1.807) is 0 Å². The Morgan fingerprint density at radius 2 is 1.89 bits per heavy atom. The molecule has 2 unspecified atom stereocenters. The van der Waals surface area contributed by atoms with E-state index in [4.69, 9.17) is 5.73 Å². The van der Waals surface area contributed by atoms with Gasteiger partial charge in [-0.3, -0.25) is 4.90 Å². The maximum atomic E-state index is 10.7. The summed E-state index contributed by atoms with van der Waals surface area (Å²) in [7, 11) is 0. The lowest BCUT2D eigenvalue weighted by molar-refractivity contribution is -0.0381. The van der Waals surface area contributed by atoms with E-state index in [1.807, 2.05) is 0 Å². The minimum Gasteiger partial charge on any atom is -0.389 e. The fourth-order valence-corrected chi connectivity index (χ4v) is 3.98. The summed E-state index contributed by atoms with van der Waals surface area (Å²) in [6.45, 7) is 4.94. The summed E-state index contributed by atoms with van der Waals surface area (Å²) < 4.78 is 0. The van der Waals surface area contributed by atoms with Gasteiger partial charge >= 0.3 is 0 Å². The number of aliphatic hydroxyl groups is 1. The summed E-state index contributed by atoms with van der Waals surface area (Å²) in [6, 6.07) is 0.617. The van der Waals surface area contributed by atoms with E-state index in [0.717, 1.165) is 32.5 Å². The van der Waals surface area contributed by atoms with Crippen LogP contribution in [0.1, 0.15) is 58.3 Å². The Morgan fingerprint density at radius 3 is 2.50 bits per heavy atom. The highest BCUT2D eigenvalue weighted by molar-refractivity contribution is 4.91. The van der Waals surface area contributed by atoms with Crippen LogP contribution in [0.4, 0.5) is 0 Å². The normalized spacial score (nSPS) is 32.0. The maximum absolute atomic E-state index is 10.7. The van der Waals surface area contributed by atoms with E-state index >= 15 is 0 Å². The maximum Gasteiger partial charge on any atom is 0.0774 e. The number of hydrogen-bond acceptors (Lipinski definition) is 3. The fourth-order valence-electron chi connectivity index (χ4n) is 3.98. The van der Waals surface area contributed by atoms with Crippen LogP contribution >= 0.6 is 0 Å². The highest BCUT2D eigenvalue weighted by atomic mass is 16.3. The third-order valence-corrected chi connectivity index (χ3v) is 5.08. The van der Waals surface area contributed by atoms with Crippen molar-refractivity contribution in [3.63, 3.8) is 0 Å². The van der Waals surface area contributed by atoms with Gasteiger partial charge in [0.2, 0.25) is 0 Å². The van der Waals surface area contributed by atoms with Gasteiger partial charge in [-0.1, -0.05) is 32.6 Å². The average molecular weight is 254 g/mol. The molecular formula is C15H30N2O. The van der Waals surface area contributed by atoms with Crippen molar-refractivity contribution in [3.05, 3.63) is 0 Å². The number of hydrogen-bond donors (Lipinski definition) is 2. The summed E-state index contributed by atoms with van der Waals surface area (Å²) in [4.78, 5) is 2.51. The number of nitrogens with two attached hydrogens (primary N) is 1. The van der Waals surface area contributed by atoms with Crippen LogP contribution in [-0.2, 0) is 0 Å². The van der Waals surface area contributed by atoms with Gasteiger partial charge in [0.1, 0.15) is 0 Å². The Morgan fingerprint density at radius 1 is 1.17 bits per heavy atom. The Hall–Kier alpha value is -0.120. The van der Waals surface area contributed by atoms with Gasteiger partial charge in [0.15, 0.2) is 0 Å². The summed E-state index contributed by atoms with van der Waals surface area (Å²) in [6.07, 6.45) is 9.51.